The summed E-state index contributed by atoms with van der Waals surface area (Å²) in [5.74, 6) is 0.287. The van der Waals surface area contributed by atoms with Crippen molar-refractivity contribution in [1.82, 2.24) is 4.90 Å². The summed E-state index contributed by atoms with van der Waals surface area (Å²) in [6, 6.07) is 7.50. The van der Waals surface area contributed by atoms with Gasteiger partial charge in [0.1, 0.15) is 5.71 Å². The van der Waals surface area contributed by atoms with Gasteiger partial charge in [-0.1, -0.05) is 11.6 Å². The third kappa shape index (κ3) is 1.69. The number of rotatable bonds is 1. The van der Waals surface area contributed by atoms with E-state index in [1.807, 2.05) is 36.3 Å². The predicted molar refractivity (Wildman–Crippen MR) is 67.4 cm³/mol. The summed E-state index contributed by atoms with van der Waals surface area (Å²) in [5, 5.41) is 6.98. The fraction of sp³-hybridized carbons (Fsp3) is 0.333. The summed E-state index contributed by atoms with van der Waals surface area (Å²) >= 11 is 5.84. The molecule has 17 heavy (non-hydrogen) atoms. The number of likely N-dealkylation sites (tertiary alicyclic amines) is 1. The number of halogens is 1. The molecule has 4 nitrogen and oxygen atoms in total. The second-order valence-corrected chi connectivity index (χ2v) is 4.86. The molecule has 1 fully saturated rings. The third-order valence-corrected chi connectivity index (χ3v) is 3.45. The van der Waals surface area contributed by atoms with Crippen LogP contribution in [-0.2, 0) is 4.79 Å². The van der Waals surface area contributed by atoms with Gasteiger partial charge in [0.05, 0.1) is 12.2 Å². The number of hydrogen-bond donors (Lipinski definition) is 0. The van der Waals surface area contributed by atoms with E-state index in [2.05, 4.69) is 5.10 Å². The Morgan fingerprint density at radius 1 is 1.29 bits per heavy atom. The lowest BCUT2D eigenvalue weighted by Gasteiger charge is -2.17. The van der Waals surface area contributed by atoms with Crippen molar-refractivity contribution in [1.29, 1.82) is 0 Å². The zero-order valence-corrected chi connectivity index (χ0v) is 10.2. The largest absolute Gasteiger partial charge is 0.340 e. The van der Waals surface area contributed by atoms with Gasteiger partial charge in [-0.15, -0.1) is 0 Å². The number of carbonyl (C=O) groups excluding carboxylic acids is 1. The molecule has 2 heterocycles. The first kappa shape index (κ1) is 10.6. The molecule has 2 aliphatic heterocycles. The van der Waals surface area contributed by atoms with E-state index < -0.39 is 0 Å². The van der Waals surface area contributed by atoms with Gasteiger partial charge >= 0.3 is 0 Å². The quantitative estimate of drug-likeness (QED) is 0.758. The molecule has 1 saturated heterocycles. The Bertz CT molecular complexity index is 497. The molecule has 3 rings (SSSR count). The van der Waals surface area contributed by atoms with Crippen LogP contribution in [-0.4, -0.2) is 36.7 Å². The fourth-order valence-electron chi connectivity index (χ4n) is 2.29. The number of hydrogen-bond acceptors (Lipinski definition) is 3. The van der Waals surface area contributed by atoms with Crippen LogP contribution in [0.3, 0.4) is 0 Å². The van der Waals surface area contributed by atoms with Crippen molar-refractivity contribution in [3.05, 3.63) is 29.3 Å². The van der Waals surface area contributed by atoms with E-state index in [1.54, 1.807) is 4.90 Å². The van der Waals surface area contributed by atoms with Crippen LogP contribution in [0.4, 0.5) is 5.69 Å². The third-order valence-electron chi connectivity index (χ3n) is 3.19. The van der Waals surface area contributed by atoms with Crippen LogP contribution < -0.4 is 5.01 Å². The highest BCUT2D eigenvalue weighted by molar-refractivity contribution is 6.42. The Kier molecular flexibility index (Phi) is 2.33. The molecular weight excluding hydrogens is 238 g/mol. The average Bonchev–Trinajstić information content (AvgIpc) is 2.82. The van der Waals surface area contributed by atoms with Gasteiger partial charge in [0.25, 0.3) is 5.91 Å². The maximum atomic E-state index is 11.8. The summed E-state index contributed by atoms with van der Waals surface area (Å²) < 4.78 is 0. The lowest BCUT2D eigenvalue weighted by atomic mass is 10.1. The lowest BCUT2D eigenvalue weighted by Crippen LogP contribution is -2.25. The Morgan fingerprint density at radius 2 is 2.00 bits per heavy atom. The molecule has 1 aromatic carbocycles. The van der Waals surface area contributed by atoms with Crippen molar-refractivity contribution in [3.8, 4) is 0 Å². The van der Waals surface area contributed by atoms with Crippen LogP contribution >= 0.6 is 11.6 Å². The van der Waals surface area contributed by atoms with Crippen LogP contribution in [0.25, 0.3) is 0 Å². The van der Waals surface area contributed by atoms with Crippen LogP contribution in [0, 0.1) is 5.92 Å². The standard InChI is InChI=1S/C12H12ClN3O/c1-15-6-8-7-16(14-11(8)12(15)17)10-4-2-9(13)3-5-10/h2-5,8H,6-7H2,1H3. The van der Waals surface area contributed by atoms with Crippen LogP contribution in [0.2, 0.25) is 5.02 Å². The van der Waals surface area contributed by atoms with Crippen LogP contribution in [0.5, 0.6) is 0 Å². The lowest BCUT2D eigenvalue weighted by molar-refractivity contribution is -0.121. The number of amides is 1. The van der Waals surface area contributed by atoms with Gasteiger partial charge in [0.2, 0.25) is 0 Å². The maximum Gasteiger partial charge on any atom is 0.270 e. The molecule has 5 heteroatoms. The summed E-state index contributed by atoms with van der Waals surface area (Å²) in [6.07, 6.45) is 0. The summed E-state index contributed by atoms with van der Waals surface area (Å²) in [6.45, 7) is 1.54. The highest BCUT2D eigenvalue weighted by Crippen LogP contribution is 2.27. The fourth-order valence-corrected chi connectivity index (χ4v) is 2.42. The first-order chi connectivity index (χ1) is 8.15. The Labute approximate surface area is 104 Å². The molecule has 1 amide bonds. The molecular formula is C12H12ClN3O. The Morgan fingerprint density at radius 3 is 2.65 bits per heavy atom. The van der Waals surface area contributed by atoms with Crippen molar-refractivity contribution in [3.63, 3.8) is 0 Å². The van der Waals surface area contributed by atoms with E-state index in [1.165, 1.54) is 0 Å². The predicted octanol–water partition coefficient (Wildman–Crippen LogP) is 1.60. The molecule has 0 saturated carbocycles. The number of benzene rings is 1. The van der Waals surface area contributed by atoms with Gasteiger partial charge in [-0.2, -0.15) is 5.10 Å². The van der Waals surface area contributed by atoms with Gasteiger partial charge in [0, 0.05) is 24.5 Å². The van der Waals surface area contributed by atoms with E-state index in [0.29, 0.717) is 10.7 Å². The first-order valence-corrected chi connectivity index (χ1v) is 5.90. The minimum Gasteiger partial charge on any atom is -0.340 e. The van der Waals surface area contributed by atoms with Gasteiger partial charge in [-0.05, 0) is 24.3 Å². The van der Waals surface area contributed by atoms with Crippen molar-refractivity contribution in [2.24, 2.45) is 11.0 Å². The van der Waals surface area contributed by atoms with E-state index in [4.69, 9.17) is 11.6 Å². The van der Waals surface area contributed by atoms with Gasteiger partial charge in [0.15, 0.2) is 0 Å². The Balaban J connectivity index is 1.87. The van der Waals surface area contributed by atoms with Crippen molar-refractivity contribution in [2.45, 2.75) is 0 Å². The number of anilines is 1. The molecule has 0 radical (unpaired) electrons. The molecule has 0 aromatic heterocycles. The van der Waals surface area contributed by atoms with E-state index in [-0.39, 0.29) is 11.8 Å². The number of hydrazone groups is 1. The molecule has 1 unspecified atom stereocenters. The van der Waals surface area contributed by atoms with E-state index in [0.717, 1.165) is 18.8 Å². The number of fused-ring (bicyclic) bond motifs is 1. The molecule has 0 N–H and O–H groups in total. The SMILES string of the molecule is CN1CC2CN(c3ccc(Cl)cc3)N=C2C1=O. The van der Waals surface area contributed by atoms with E-state index >= 15 is 0 Å². The Hall–Kier alpha value is -1.55. The minimum atomic E-state index is 0.0477. The smallest absolute Gasteiger partial charge is 0.270 e. The zero-order valence-electron chi connectivity index (χ0n) is 9.43. The second-order valence-electron chi connectivity index (χ2n) is 4.43. The van der Waals surface area contributed by atoms with Crippen molar-refractivity contribution < 1.29 is 4.79 Å². The summed E-state index contributed by atoms with van der Waals surface area (Å²) in [7, 11) is 1.82. The van der Waals surface area contributed by atoms with Gasteiger partial charge < -0.3 is 4.90 Å². The van der Waals surface area contributed by atoms with E-state index in [9.17, 15) is 4.79 Å². The van der Waals surface area contributed by atoms with Gasteiger partial charge in [-0.25, -0.2) is 0 Å². The molecule has 0 aliphatic carbocycles. The van der Waals surface area contributed by atoms with Crippen molar-refractivity contribution >= 4 is 28.9 Å². The normalized spacial score (nSPS) is 23.1. The van der Waals surface area contributed by atoms with Gasteiger partial charge in [-0.3, -0.25) is 9.80 Å². The monoisotopic (exact) mass is 249 g/mol. The highest BCUT2D eigenvalue weighted by atomic mass is 35.5. The molecule has 1 atom stereocenters. The first-order valence-electron chi connectivity index (χ1n) is 5.52. The summed E-state index contributed by atoms with van der Waals surface area (Å²) in [5.41, 5.74) is 1.66. The van der Waals surface area contributed by atoms with Crippen LogP contribution in [0.1, 0.15) is 0 Å². The van der Waals surface area contributed by atoms with Crippen molar-refractivity contribution in [2.75, 3.05) is 25.1 Å². The molecule has 0 spiro atoms. The number of nitrogens with zero attached hydrogens (tertiary/aromatic N) is 3. The second kappa shape index (κ2) is 3.74. The zero-order chi connectivity index (χ0) is 12.0. The maximum absolute atomic E-state index is 11.8. The summed E-state index contributed by atoms with van der Waals surface area (Å²) in [4.78, 5) is 13.5. The molecule has 2 aliphatic rings. The average molecular weight is 250 g/mol. The molecule has 0 bridgehead atoms. The minimum absolute atomic E-state index is 0.0477. The molecule has 1 aromatic rings. The highest BCUT2D eigenvalue weighted by Gasteiger charge is 2.40. The topological polar surface area (TPSA) is 35.9 Å². The van der Waals surface area contributed by atoms with Crippen LogP contribution in [0.15, 0.2) is 29.4 Å². The number of carbonyl (C=O) groups is 1. The molecule has 88 valence electrons.